The van der Waals surface area contributed by atoms with Crippen molar-refractivity contribution in [2.45, 2.75) is 37.2 Å². The van der Waals surface area contributed by atoms with Crippen LogP contribution in [0.4, 0.5) is 0 Å². The number of para-hydroxylation sites is 1. The van der Waals surface area contributed by atoms with Crippen molar-refractivity contribution in [2.24, 2.45) is 5.92 Å². The lowest BCUT2D eigenvalue weighted by atomic mass is 10.1. The molecule has 0 fully saturated rings. The maximum Gasteiger partial charge on any atom is 0.262 e. The first kappa shape index (κ1) is 22.1. The molecule has 8 heteroatoms. The quantitative estimate of drug-likeness (QED) is 0.399. The first-order valence-corrected chi connectivity index (χ1v) is 11.6. The first-order chi connectivity index (χ1) is 15.4. The normalized spacial score (nSPS) is 12.5. The Morgan fingerprint density at radius 2 is 1.72 bits per heavy atom. The molecule has 4 aromatic rings. The highest BCUT2D eigenvalue weighted by molar-refractivity contribution is 8.00. The van der Waals surface area contributed by atoms with Crippen LogP contribution in [0.5, 0.6) is 0 Å². The van der Waals surface area contributed by atoms with Crippen LogP contribution in [-0.4, -0.2) is 44.1 Å². The van der Waals surface area contributed by atoms with Gasteiger partial charge in [0.05, 0.1) is 10.9 Å². The number of amides is 1. The second-order valence-electron chi connectivity index (χ2n) is 8.42. The average Bonchev–Trinajstić information content (AvgIpc) is 3.21. The fraction of sp³-hybridized carbons (Fsp3) is 0.333. The molecule has 2 aromatic carbocycles. The Kier molecular flexibility index (Phi) is 6.32. The molecular weight excluding hydrogens is 422 g/mol. The molecule has 0 aliphatic carbocycles. The van der Waals surface area contributed by atoms with Crippen molar-refractivity contribution in [2.75, 3.05) is 14.1 Å². The van der Waals surface area contributed by atoms with E-state index in [1.54, 1.807) is 23.6 Å². The summed E-state index contributed by atoms with van der Waals surface area (Å²) in [4.78, 5) is 27.9. The molecule has 166 valence electrons. The second-order valence-corrected chi connectivity index (χ2v) is 9.49. The number of thioether (sulfide) groups is 1. The Hall–Kier alpha value is -3.13. The number of hydrogen-bond acceptors (Lipinski definition) is 5. The number of hydrogen-bond donors (Lipinski definition) is 0. The number of nitrogens with zero attached hydrogens (tertiary/aromatic N) is 5. The molecule has 2 aromatic heterocycles. The number of likely N-dealkylation sites (N-methyl/N-ethyl adjacent to an activating group) is 1. The molecule has 0 saturated carbocycles. The summed E-state index contributed by atoms with van der Waals surface area (Å²) in [7, 11) is 3.50. The summed E-state index contributed by atoms with van der Waals surface area (Å²) in [5.74, 6) is 0.918. The highest BCUT2D eigenvalue weighted by Gasteiger charge is 2.27. The molecular formula is C24H27N5O2S. The summed E-state index contributed by atoms with van der Waals surface area (Å²) in [6, 6.07) is 17.2. The third-order valence-electron chi connectivity index (χ3n) is 5.40. The second kappa shape index (κ2) is 9.16. The van der Waals surface area contributed by atoms with Crippen LogP contribution in [0.25, 0.3) is 16.7 Å². The van der Waals surface area contributed by atoms with Gasteiger partial charge in [0.1, 0.15) is 5.25 Å². The van der Waals surface area contributed by atoms with Crippen LogP contribution >= 0.6 is 11.8 Å². The summed E-state index contributed by atoms with van der Waals surface area (Å²) in [5, 5.41) is 9.53. The lowest BCUT2D eigenvalue weighted by Crippen LogP contribution is -2.27. The fourth-order valence-electron chi connectivity index (χ4n) is 3.63. The Balaban J connectivity index is 1.89. The van der Waals surface area contributed by atoms with E-state index in [2.05, 4.69) is 24.0 Å². The molecule has 0 N–H and O–H groups in total. The summed E-state index contributed by atoms with van der Waals surface area (Å²) >= 11 is 1.35. The molecule has 7 nitrogen and oxygen atoms in total. The zero-order valence-corrected chi connectivity index (χ0v) is 19.5. The van der Waals surface area contributed by atoms with Gasteiger partial charge in [0.15, 0.2) is 5.16 Å². The predicted molar refractivity (Wildman–Crippen MR) is 128 cm³/mol. The van der Waals surface area contributed by atoms with E-state index in [1.165, 1.54) is 11.8 Å². The molecule has 2 heterocycles. The lowest BCUT2D eigenvalue weighted by Gasteiger charge is -2.20. The molecule has 0 aliphatic rings. The van der Waals surface area contributed by atoms with Crippen molar-refractivity contribution >= 4 is 34.3 Å². The number of aryl methyl sites for hydroxylation is 1. The van der Waals surface area contributed by atoms with Crippen molar-refractivity contribution in [3.8, 4) is 0 Å². The maximum absolute atomic E-state index is 13.2. The van der Waals surface area contributed by atoms with Gasteiger partial charge in [-0.25, -0.2) is 0 Å². The predicted octanol–water partition coefficient (Wildman–Crippen LogP) is 4.01. The van der Waals surface area contributed by atoms with E-state index >= 15 is 0 Å². The lowest BCUT2D eigenvalue weighted by molar-refractivity contribution is -0.128. The molecule has 0 spiro atoms. The van der Waals surface area contributed by atoms with Crippen LogP contribution in [0.3, 0.4) is 0 Å². The van der Waals surface area contributed by atoms with Crippen LogP contribution in [0.15, 0.2) is 64.5 Å². The first-order valence-electron chi connectivity index (χ1n) is 10.7. The fourth-order valence-corrected chi connectivity index (χ4v) is 4.82. The van der Waals surface area contributed by atoms with E-state index in [9.17, 15) is 9.59 Å². The minimum atomic E-state index is -0.478. The van der Waals surface area contributed by atoms with Crippen LogP contribution < -0.4 is 5.56 Å². The molecule has 32 heavy (non-hydrogen) atoms. The van der Waals surface area contributed by atoms with E-state index in [-0.39, 0.29) is 11.5 Å². The van der Waals surface area contributed by atoms with Crippen molar-refractivity contribution < 1.29 is 4.79 Å². The summed E-state index contributed by atoms with van der Waals surface area (Å²) in [5.41, 5.74) is 1.57. The van der Waals surface area contributed by atoms with Crippen LogP contribution in [-0.2, 0) is 11.3 Å². The number of rotatable bonds is 7. The minimum Gasteiger partial charge on any atom is -0.348 e. The summed E-state index contributed by atoms with van der Waals surface area (Å²) < 4.78 is 3.60. The standard InChI is InChI=1S/C24H27N5O2S/c1-16(2)14-15-28-21(30)18-12-8-9-13-19(18)29-23(28)25-26-24(29)32-20(22(31)27(3)4)17-10-6-5-7-11-17/h5-13,16,20H,14-15H2,1-4H3. The van der Waals surface area contributed by atoms with Gasteiger partial charge in [0.2, 0.25) is 11.7 Å². The summed E-state index contributed by atoms with van der Waals surface area (Å²) in [6.45, 7) is 4.82. The zero-order chi connectivity index (χ0) is 22.8. The Bertz CT molecular complexity index is 1310. The van der Waals surface area contributed by atoms with Crippen molar-refractivity contribution in [3.63, 3.8) is 0 Å². The molecule has 0 saturated heterocycles. The van der Waals surface area contributed by atoms with E-state index in [0.29, 0.717) is 28.8 Å². The van der Waals surface area contributed by atoms with Gasteiger partial charge < -0.3 is 4.90 Å². The number of carbonyl (C=O) groups excluding carboxylic acids is 1. The summed E-state index contributed by atoms with van der Waals surface area (Å²) in [6.07, 6.45) is 0.856. The topological polar surface area (TPSA) is 72.5 Å². The zero-order valence-electron chi connectivity index (χ0n) is 18.7. The SMILES string of the molecule is CC(C)CCn1c(=O)c2ccccc2n2c(SC(C(=O)N(C)C)c3ccccc3)nnc12. The average molecular weight is 450 g/mol. The van der Waals surface area contributed by atoms with Gasteiger partial charge >= 0.3 is 0 Å². The third kappa shape index (κ3) is 4.14. The largest absolute Gasteiger partial charge is 0.348 e. The van der Waals surface area contributed by atoms with Gasteiger partial charge in [-0.1, -0.05) is 68.1 Å². The van der Waals surface area contributed by atoms with Gasteiger partial charge in [0, 0.05) is 20.6 Å². The van der Waals surface area contributed by atoms with E-state index in [1.807, 2.05) is 59.0 Å². The third-order valence-corrected chi connectivity index (χ3v) is 6.58. The monoisotopic (exact) mass is 449 g/mol. The van der Waals surface area contributed by atoms with Crippen molar-refractivity contribution in [3.05, 3.63) is 70.5 Å². The Morgan fingerprint density at radius 1 is 1.03 bits per heavy atom. The molecule has 4 rings (SSSR count). The van der Waals surface area contributed by atoms with E-state index in [0.717, 1.165) is 17.5 Å². The molecule has 0 bridgehead atoms. The number of fused-ring (bicyclic) bond motifs is 3. The number of aromatic nitrogens is 4. The van der Waals surface area contributed by atoms with Crippen molar-refractivity contribution in [1.29, 1.82) is 0 Å². The number of carbonyl (C=O) groups is 1. The van der Waals surface area contributed by atoms with Crippen LogP contribution in [0.1, 0.15) is 31.1 Å². The van der Waals surface area contributed by atoms with Gasteiger partial charge in [0.25, 0.3) is 5.56 Å². The Labute approximate surface area is 191 Å². The minimum absolute atomic E-state index is 0.0321. The number of benzene rings is 2. The van der Waals surface area contributed by atoms with Crippen molar-refractivity contribution in [1.82, 2.24) is 24.1 Å². The molecule has 1 unspecified atom stereocenters. The highest BCUT2D eigenvalue weighted by Crippen LogP contribution is 2.36. The smallest absolute Gasteiger partial charge is 0.262 e. The van der Waals surface area contributed by atoms with E-state index < -0.39 is 5.25 Å². The van der Waals surface area contributed by atoms with Crippen LogP contribution in [0, 0.1) is 5.92 Å². The van der Waals surface area contributed by atoms with Gasteiger partial charge in [-0.3, -0.25) is 18.6 Å². The van der Waals surface area contributed by atoms with Gasteiger partial charge in [-0.2, -0.15) is 0 Å². The molecule has 1 atom stereocenters. The molecule has 0 radical (unpaired) electrons. The van der Waals surface area contributed by atoms with E-state index in [4.69, 9.17) is 0 Å². The highest BCUT2D eigenvalue weighted by atomic mass is 32.2. The van der Waals surface area contributed by atoms with Gasteiger partial charge in [-0.15, -0.1) is 10.2 Å². The molecule has 1 amide bonds. The molecule has 0 aliphatic heterocycles. The Morgan fingerprint density at radius 3 is 2.41 bits per heavy atom. The van der Waals surface area contributed by atoms with Gasteiger partial charge in [-0.05, 0) is 30.0 Å². The maximum atomic E-state index is 13.2. The van der Waals surface area contributed by atoms with Crippen LogP contribution in [0.2, 0.25) is 0 Å².